The average Bonchev–Trinajstić information content (AvgIpc) is 2.84. The third-order valence-corrected chi connectivity index (χ3v) is 3.61. The summed E-state index contributed by atoms with van der Waals surface area (Å²) in [6.45, 7) is 5.07. The number of H-pyrrole nitrogens is 1. The lowest BCUT2D eigenvalue weighted by Gasteiger charge is -2.17. The molecule has 2 N–H and O–H groups in total. The van der Waals surface area contributed by atoms with Gasteiger partial charge in [0.2, 0.25) is 0 Å². The summed E-state index contributed by atoms with van der Waals surface area (Å²) in [7, 11) is 0. The molecular formula is C16H22FN3. The lowest BCUT2D eigenvalue weighted by Crippen LogP contribution is -2.22. The number of nitrogens with one attached hydrogen (secondary N) is 2. The molecule has 108 valence electrons. The van der Waals surface area contributed by atoms with Crippen molar-refractivity contribution >= 4 is 0 Å². The Hall–Kier alpha value is -1.68. The summed E-state index contributed by atoms with van der Waals surface area (Å²) in [5.74, 6) is -0.170. The molecule has 1 aromatic carbocycles. The quantitative estimate of drug-likeness (QED) is 0.759. The van der Waals surface area contributed by atoms with Gasteiger partial charge in [-0.2, -0.15) is 5.10 Å². The number of rotatable bonds is 7. The standard InChI is InChI=1S/C16H22FN3/c1-3-16(13-6-4-8-15(17)10-13)18-9-5-7-14-11-19-20-12(14)2/h4,6,8,10-11,16,18H,3,5,7,9H2,1-2H3,(H,19,20). The number of aromatic nitrogens is 2. The van der Waals surface area contributed by atoms with Crippen LogP contribution in [0.3, 0.4) is 0 Å². The van der Waals surface area contributed by atoms with Crippen molar-refractivity contribution in [1.82, 2.24) is 15.5 Å². The number of halogens is 1. The van der Waals surface area contributed by atoms with E-state index in [4.69, 9.17) is 0 Å². The molecule has 0 saturated carbocycles. The van der Waals surface area contributed by atoms with Gasteiger partial charge in [-0.15, -0.1) is 0 Å². The molecule has 0 aliphatic rings. The Morgan fingerprint density at radius 2 is 2.25 bits per heavy atom. The molecule has 0 radical (unpaired) electrons. The van der Waals surface area contributed by atoms with Crippen LogP contribution < -0.4 is 5.32 Å². The van der Waals surface area contributed by atoms with Crippen LogP contribution in [0.5, 0.6) is 0 Å². The highest BCUT2D eigenvalue weighted by atomic mass is 19.1. The summed E-state index contributed by atoms with van der Waals surface area (Å²) in [4.78, 5) is 0. The molecule has 1 unspecified atom stereocenters. The second-order valence-corrected chi connectivity index (χ2v) is 5.09. The van der Waals surface area contributed by atoms with Crippen LogP contribution in [0.2, 0.25) is 0 Å². The van der Waals surface area contributed by atoms with Crippen molar-refractivity contribution in [2.45, 2.75) is 39.2 Å². The molecule has 0 aliphatic carbocycles. The first-order valence-electron chi connectivity index (χ1n) is 7.18. The monoisotopic (exact) mass is 275 g/mol. The van der Waals surface area contributed by atoms with E-state index in [9.17, 15) is 4.39 Å². The predicted molar refractivity (Wildman–Crippen MR) is 79.1 cm³/mol. The minimum absolute atomic E-state index is 0.170. The van der Waals surface area contributed by atoms with E-state index in [2.05, 4.69) is 22.4 Å². The lowest BCUT2D eigenvalue weighted by molar-refractivity contribution is 0.506. The van der Waals surface area contributed by atoms with E-state index in [1.807, 2.05) is 19.2 Å². The fraction of sp³-hybridized carbons (Fsp3) is 0.438. The van der Waals surface area contributed by atoms with Crippen LogP contribution in [-0.4, -0.2) is 16.7 Å². The van der Waals surface area contributed by atoms with Crippen molar-refractivity contribution in [2.75, 3.05) is 6.54 Å². The SMILES string of the molecule is CCC(NCCCc1cn[nH]c1C)c1cccc(F)c1. The first-order valence-corrected chi connectivity index (χ1v) is 7.18. The van der Waals surface area contributed by atoms with E-state index >= 15 is 0 Å². The largest absolute Gasteiger partial charge is 0.310 e. The highest BCUT2D eigenvalue weighted by Crippen LogP contribution is 2.17. The highest BCUT2D eigenvalue weighted by molar-refractivity contribution is 5.20. The lowest BCUT2D eigenvalue weighted by atomic mass is 10.0. The first-order chi connectivity index (χ1) is 9.70. The van der Waals surface area contributed by atoms with Crippen molar-refractivity contribution < 1.29 is 4.39 Å². The maximum atomic E-state index is 13.2. The summed E-state index contributed by atoms with van der Waals surface area (Å²) >= 11 is 0. The highest BCUT2D eigenvalue weighted by Gasteiger charge is 2.09. The predicted octanol–water partition coefficient (Wildman–Crippen LogP) is 3.53. The summed E-state index contributed by atoms with van der Waals surface area (Å²) in [6, 6.07) is 7.06. The van der Waals surface area contributed by atoms with Crippen molar-refractivity contribution in [3.63, 3.8) is 0 Å². The topological polar surface area (TPSA) is 40.7 Å². The van der Waals surface area contributed by atoms with Gasteiger partial charge in [0.05, 0.1) is 6.20 Å². The van der Waals surface area contributed by atoms with Crippen molar-refractivity contribution in [1.29, 1.82) is 0 Å². The van der Waals surface area contributed by atoms with Crippen LogP contribution in [0.15, 0.2) is 30.5 Å². The van der Waals surface area contributed by atoms with Crippen molar-refractivity contribution in [3.8, 4) is 0 Å². The van der Waals surface area contributed by atoms with Gasteiger partial charge >= 0.3 is 0 Å². The molecule has 20 heavy (non-hydrogen) atoms. The molecule has 3 nitrogen and oxygen atoms in total. The normalized spacial score (nSPS) is 12.6. The maximum absolute atomic E-state index is 13.2. The van der Waals surface area contributed by atoms with Gasteiger partial charge in [0.1, 0.15) is 5.82 Å². The van der Waals surface area contributed by atoms with Crippen LogP contribution in [0.4, 0.5) is 4.39 Å². The zero-order chi connectivity index (χ0) is 14.4. The number of hydrogen-bond acceptors (Lipinski definition) is 2. The molecule has 0 aliphatic heterocycles. The number of aryl methyl sites for hydroxylation is 2. The van der Waals surface area contributed by atoms with Crippen LogP contribution in [-0.2, 0) is 6.42 Å². The average molecular weight is 275 g/mol. The Morgan fingerprint density at radius 3 is 2.90 bits per heavy atom. The van der Waals surface area contributed by atoms with E-state index < -0.39 is 0 Å². The fourth-order valence-corrected chi connectivity index (χ4v) is 2.40. The molecule has 1 atom stereocenters. The van der Waals surface area contributed by atoms with Gasteiger partial charge in [0.15, 0.2) is 0 Å². The molecule has 1 aromatic heterocycles. The Bertz CT molecular complexity index is 536. The van der Waals surface area contributed by atoms with Crippen LogP contribution >= 0.6 is 0 Å². The van der Waals surface area contributed by atoms with Gasteiger partial charge in [0, 0.05) is 11.7 Å². The van der Waals surface area contributed by atoms with E-state index in [1.54, 1.807) is 12.1 Å². The van der Waals surface area contributed by atoms with Gasteiger partial charge in [-0.25, -0.2) is 4.39 Å². The maximum Gasteiger partial charge on any atom is 0.123 e. The summed E-state index contributed by atoms with van der Waals surface area (Å²) in [5, 5.41) is 10.5. The molecule has 0 fully saturated rings. The van der Waals surface area contributed by atoms with Crippen molar-refractivity contribution in [3.05, 3.63) is 53.1 Å². The van der Waals surface area contributed by atoms with Crippen LogP contribution in [0, 0.1) is 12.7 Å². The molecule has 1 heterocycles. The van der Waals surface area contributed by atoms with E-state index in [-0.39, 0.29) is 11.9 Å². The zero-order valence-electron chi connectivity index (χ0n) is 12.1. The number of hydrogen-bond donors (Lipinski definition) is 2. The molecule has 0 bridgehead atoms. The Balaban J connectivity index is 1.81. The van der Waals surface area contributed by atoms with E-state index in [0.29, 0.717) is 0 Å². The third-order valence-electron chi connectivity index (χ3n) is 3.61. The summed E-state index contributed by atoms with van der Waals surface area (Å²) in [6.07, 6.45) is 4.90. The molecule has 0 saturated heterocycles. The van der Waals surface area contributed by atoms with Gasteiger partial charge in [-0.3, -0.25) is 5.10 Å². The van der Waals surface area contributed by atoms with Crippen LogP contribution in [0.25, 0.3) is 0 Å². The van der Waals surface area contributed by atoms with Gasteiger partial charge in [0.25, 0.3) is 0 Å². The molecule has 0 spiro atoms. The first kappa shape index (κ1) is 14.7. The number of aromatic amines is 1. The molecule has 4 heteroatoms. The number of nitrogens with zero attached hydrogens (tertiary/aromatic N) is 1. The van der Waals surface area contributed by atoms with Crippen LogP contribution in [0.1, 0.15) is 42.6 Å². The second-order valence-electron chi connectivity index (χ2n) is 5.09. The minimum atomic E-state index is -0.170. The van der Waals surface area contributed by atoms with Gasteiger partial charge < -0.3 is 5.32 Å². The second kappa shape index (κ2) is 7.20. The Labute approximate surface area is 119 Å². The number of benzene rings is 1. The molecule has 2 aromatic rings. The van der Waals surface area contributed by atoms with Crippen molar-refractivity contribution in [2.24, 2.45) is 0 Å². The fourth-order valence-electron chi connectivity index (χ4n) is 2.40. The van der Waals surface area contributed by atoms with E-state index in [1.165, 1.54) is 11.6 Å². The van der Waals surface area contributed by atoms with Gasteiger partial charge in [-0.1, -0.05) is 19.1 Å². The van der Waals surface area contributed by atoms with E-state index in [0.717, 1.165) is 37.1 Å². The minimum Gasteiger partial charge on any atom is -0.310 e. The summed E-state index contributed by atoms with van der Waals surface area (Å²) in [5.41, 5.74) is 3.43. The summed E-state index contributed by atoms with van der Waals surface area (Å²) < 4.78 is 13.2. The Morgan fingerprint density at radius 1 is 1.40 bits per heavy atom. The smallest absolute Gasteiger partial charge is 0.123 e. The third kappa shape index (κ3) is 3.90. The zero-order valence-corrected chi connectivity index (χ0v) is 12.1. The van der Waals surface area contributed by atoms with Gasteiger partial charge in [-0.05, 0) is 56.0 Å². The molecular weight excluding hydrogens is 253 g/mol. The Kier molecular flexibility index (Phi) is 5.30. The molecule has 0 amide bonds. The molecule has 2 rings (SSSR count).